The minimum Gasteiger partial charge on any atom is -0.503 e. The molecule has 0 aliphatic heterocycles. The van der Waals surface area contributed by atoms with Crippen LogP contribution in [-0.2, 0) is 6.54 Å². The first-order chi connectivity index (χ1) is 21.1. The molecule has 0 radical (unpaired) electrons. The van der Waals surface area contributed by atoms with Gasteiger partial charge in [0.1, 0.15) is 5.75 Å². The number of para-hydroxylation sites is 2. The van der Waals surface area contributed by atoms with Crippen LogP contribution in [-0.4, -0.2) is 42.7 Å². The third-order valence-corrected chi connectivity index (χ3v) is 6.70. The second-order valence-corrected chi connectivity index (χ2v) is 9.29. The molecule has 0 saturated carbocycles. The summed E-state index contributed by atoms with van der Waals surface area (Å²) in [6, 6.07) is 21.6. The summed E-state index contributed by atoms with van der Waals surface area (Å²) in [6.45, 7) is -0.316. The number of aliphatic hydroxyl groups excluding tert-OH is 1. The molecule has 0 amide bonds. The van der Waals surface area contributed by atoms with Gasteiger partial charge in [-0.25, -0.2) is 0 Å². The number of benzene rings is 4. The third kappa shape index (κ3) is 5.39. The van der Waals surface area contributed by atoms with Gasteiger partial charge >= 0.3 is 0 Å². The van der Waals surface area contributed by atoms with Crippen LogP contribution in [0.4, 0.5) is 17.1 Å². The monoisotopic (exact) mass is 597 g/mol. The molecule has 44 heavy (non-hydrogen) atoms. The fourth-order valence-electron chi connectivity index (χ4n) is 4.64. The van der Waals surface area contributed by atoms with Crippen LogP contribution in [0.15, 0.2) is 91.0 Å². The first-order valence-corrected chi connectivity index (χ1v) is 12.8. The number of hydrogen-bond acceptors (Lipinski definition) is 10. The van der Waals surface area contributed by atoms with Gasteiger partial charge in [-0.05, 0) is 36.4 Å². The molecule has 4 aromatic carbocycles. The predicted octanol–water partition coefficient (Wildman–Crippen LogP) is 4.87. The predicted molar refractivity (Wildman–Crippen MR) is 155 cm³/mol. The lowest BCUT2D eigenvalue weighted by atomic mass is 10.0. The van der Waals surface area contributed by atoms with Gasteiger partial charge in [0.2, 0.25) is 17.0 Å². The standard InChI is InChI=1S/C29H20N6O9/c1-44-21-13-11-18(12-14-21)26(36)17-31-22-9-5-6-10-23(22)32(30-31)28(29(37)19-7-3-2-4-8-19)27-24(34(40)41)15-20(33(38)39)16-25(27)35(42)43/h2-16H,17H2,1H3/p+1. The van der Waals surface area contributed by atoms with E-state index in [1.807, 2.05) is 0 Å². The summed E-state index contributed by atoms with van der Waals surface area (Å²) >= 11 is 0. The third-order valence-electron chi connectivity index (χ3n) is 6.70. The van der Waals surface area contributed by atoms with E-state index in [-0.39, 0.29) is 23.4 Å². The number of methoxy groups -OCH3 is 1. The number of carbonyl (C=O) groups is 1. The zero-order valence-electron chi connectivity index (χ0n) is 22.8. The molecule has 0 bridgehead atoms. The summed E-state index contributed by atoms with van der Waals surface area (Å²) in [7, 11) is 1.49. The van der Waals surface area contributed by atoms with Gasteiger partial charge in [-0.2, -0.15) is 0 Å². The van der Waals surface area contributed by atoms with Gasteiger partial charge in [-0.3, -0.25) is 35.1 Å². The second-order valence-electron chi connectivity index (χ2n) is 9.29. The van der Waals surface area contributed by atoms with E-state index in [4.69, 9.17) is 4.74 Å². The Morgan fingerprint density at radius 1 is 0.841 bits per heavy atom. The van der Waals surface area contributed by atoms with Crippen molar-refractivity contribution in [3.63, 3.8) is 0 Å². The molecular weight excluding hydrogens is 576 g/mol. The highest BCUT2D eigenvalue weighted by Crippen LogP contribution is 2.41. The molecule has 15 nitrogen and oxygen atoms in total. The Bertz CT molecular complexity index is 1950. The van der Waals surface area contributed by atoms with E-state index >= 15 is 0 Å². The Kier molecular flexibility index (Phi) is 7.76. The van der Waals surface area contributed by atoms with Crippen molar-refractivity contribution in [2.24, 2.45) is 0 Å². The van der Waals surface area contributed by atoms with Gasteiger partial charge in [0.25, 0.3) is 17.1 Å². The maximum Gasteiger partial charge on any atom is 0.295 e. The highest BCUT2D eigenvalue weighted by molar-refractivity contribution is 5.97. The maximum atomic E-state index is 13.2. The summed E-state index contributed by atoms with van der Waals surface area (Å²) in [4.78, 5) is 46.2. The summed E-state index contributed by atoms with van der Waals surface area (Å²) in [5.41, 5.74) is -3.13. The van der Waals surface area contributed by atoms with Crippen molar-refractivity contribution >= 4 is 45.3 Å². The molecule has 0 fully saturated rings. The lowest BCUT2D eigenvalue weighted by Gasteiger charge is -2.09. The fraction of sp³-hybridized carbons (Fsp3) is 0.0690. The minimum absolute atomic E-state index is 0.116. The quantitative estimate of drug-likeness (QED) is 0.0578. The number of nitro benzene ring substituents is 3. The molecule has 0 atom stereocenters. The number of non-ortho nitro benzene ring substituents is 1. The molecule has 220 valence electrons. The van der Waals surface area contributed by atoms with Crippen molar-refractivity contribution in [3.05, 3.63) is 138 Å². The zero-order chi connectivity index (χ0) is 31.5. The normalized spacial score (nSPS) is 11.6. The minimum atomic E-state index is -1.01. The summed E-state index contributed by atoms with van der Waals surface area (Å²) in [6.07, 6.45) is 0. The highest BCUT2D eigenvalue weighted by Gasteiger charge is 2.40. The Balaban J connectivity index is 1.82. The first-order valence-electron chi connectivity index (χ1n) is 12.8. The zero-order valence-corrected chi connectivity index (χ0v) is 22.8. The smallest absolute Gasteiger partial charge is 0.295 e. The molecule has 0 aliphatic carbocycles. The Labute approximate surface area is 246 Å². The highest BCUT2D eigenvalue weighted by atomic mass is 16.6. The maximum absolute atomic E-state index is 13.2. The number of carbonyl (C=O) groups excluding carboxylic acids is 1. The Morgan fingerprint density at radius 2 is 1.43 bits per heavy atom. The van der Waals surface area contributed by atoms with Crippen LogP contribution in [0.25, 0.3) is 22.5 Å². The van der Waals surface area contributed by atoms with Crippen LogP contribution in [0.5, 0.6) is 5.75 Å². The molecule has 0 saturated heterocycles. The van der Waals surface area contributed by atoms with Crippen molar-refractivity contribution in [1.29, 1.82) is 0 Å². The molecule has 15 heteroatoms. The van der Waals surface area contributed by atoms with Crippen LogP contribution in [0.3, 0.4) is 0 Å². The van der Waals surface area contributed by atoms with Crippen molar-refractivity contribution < 1.29 is 34.1 Å². The van der Waals surface area contributed by atoms with E-state index in [0.29, 0.717) is 29.0 Å². The second kappa shape index (κ2) is 11.8. The van der Waals surface area contributed by atoms with Gasteiger partial charge < -0.3 is 9.84 Å². The molecular formula is C29H21N6O9+. The number of fused-ring (bicyclic) bond motifs is 1. The fourth-order valence-corrected chi connectivity index (χ4v) is 4.64. The molecule has 5 rings (SSSR count). The van der Waals surface area contributed by atoms with Crippen LogP contribution in [0.2, 0.25) is 0 Å². The Morgan fingerprint density at radius 3 is 2.00 bits per heavy atom. The summed E-state index contributed by atoms with van der Waals surface area (Å²) in [5, 5.41) is 52.1. The number of ketones is 1. The van der Waals surface area contributed by atoms with Crippen molar-refractivity contribution in [1.82, 2.24) is 9.90 Å². The van der Waals surface area contributed by atoms with E-state index in [9.17, 15) is 40.2 Å². The first kappa shape index (κ1) is 29.0. The van der Waals surface area contributed by atoms with Crippen molar-refractivity contribution in [2.45, 2.75) is 6.54 Å². The van der Waals surface area contributed by atoms with Crippen molar-refractivity contribution in [2.75, 3.05) is 7.11 Å². The number of ether oxygens (including phenoxy) is 1. The topological polar surface area (TPSA) is 198 Å². The molecule has 1 heterocycles. The summed E-state index contributed by atoms with van der Waals surface area (Å²) < 4.78 is 7.46. The molecule has 1 N–H and O–H groups in total. The lowest BCUT2D eigenvalue weighted by Crippen LogP contribution is -2.41. The molecule has 0 aliphatic rings. The SMILES string of the molecule is COc1ccc(C(=O)C[n+]2nn(/C(=C(/O)c3ccccc3)c3c([N+](=O)[O-])cc([N+](=O)[O-])cc3[N+](=O)[O-])c3ccccc32)cc1. The molecule has 1 aromatic heterocycles. The summed E-state index contributed by atoms with van der Waals surface area (Å²) in [5.74, 6) is -0.466. The number of rotatable bonds is 10. The van der Waals surface area contributed by atoms with E-state index in [0.717, 1.165) is 4.68 Å². The number of aromatic nitrogens is 3. The number of nitro groups is 3. The molecule has 0 unspecified atom stereocenters. The van der Waals surface area contributed by atoms with Crippen LogP contribution in [0, 0.1) is 30.3 Å². The lowest BCUT2D eigenvalue weighted by molar-refractivity contribution is -0.719. The van der Waals surface area contributed by atoms with Gasteiger partial charge in [0, 0.05) is 11.1 Å². The van der Waals surface area contributed by atoms with E-state index in [1.54, 1.807) is 60.7 Å². The van der Waals surface area contributed by atoms with E-state index in [2.05, 4.69) is 5.21 Å². The number of hydrogen-bond donors (Lipinski definition) is 1. The largest absolute Gasteiger partial charge is 0.503 e. The van der Waals surface area contributed by atoms with Gasteiger partial charge in [-0.15, -0.1) is 4.68 Å². The number of Topliss-reactive ketones (excluding diaryl/α,β-unsaturated/α-hetero) is 1. The molecule has 5 aromatic rings. The van der Waals surface area contributed by atoms with Gasteiger partial charge in [-0.1, -0.05) is 47.1 Å². The van der Waals surface area contributed by atoms with E-state index < -0.39 is 48.9 Å². The van der Waals surface area contributed by atoms with Crippen LogP contribution in [0.1, 0.15) is 21.5 Å². The average molecular weight is 598 g/mol. The van der Waals surface area contributed by atoms with Crippen LogP contribution >= 0.6 is 0 Å². The van der Waals surface area contributed by atoms with Crippen molar-refractivity contribution in [3.8, 4) is 5.75 Å². The Hall–Kier alpha value is -6.51. The van der Waals surface area contributed by atoms with Gasteiger partial charge in [0.05, 0.1) is 39.2 Å². The van der Waals surface area contributed by atoms with E-state index in [1.165, 1.54) is 30.0 Å². The number of nitrogens with zero attached hydrogens (tertiary/aromatic N) is 6. The van der Waals surface area contributed by atoms with Crippen LogP contribution < -0.4 is 9.42 Å². The molecule has 0 spiro atoms. The number of aliphatic hydroxyl groups is 1. The van der Waals surface area contributed by atoms with Gasteiger partial charge in [0.15, 0.2) is 23.4 Å². The average Bonchev–Trinajstić information content (AvgIpc) is 3.38.